The molecule has 1 saturated carbocycles. The van der Waals surface area contributed by atoms with Crippen LogP contribution < -0.4 is 5.56 Å². The first-order valence-electron chi connectivity index (χ1n) is 8.00. The van der Waals surface area contributed by atoms with Gasteiger partial charge in [-0.1, -0.05) is 25.7 Å². The Kier molecular flexibility index (Phi) is 3.45. The number of aromatic nitrogens is 3. The minimum atomic E-state index is 0.110. The second-order valence-corrected chi connectivity index (χ2v) is 7.19. The highest BCUT2D eigenvalue weighted by Gasteiger charge is 2.19. The van der Waals surface area contributed by atoms with Crippen molar-refractivity contribution < 1.29 is 0 Å². The van der Waals surface area contributed by atoms with E-state index >= 15 is 0 Å². The Balaban J connectivity index is 1.92. The van der Waals surface area contributed by atoms with Crippen molar-refractivity contribution in [3.8, 4) is 0 Å². The number of fused-ring (bicyclic) bond motifs is 3. The van der Waals surface area contributed by atoms with E-state index in [4.69, 9.17) is 0 Å². The van der Waals surface area contributed by atoms with Crippen molar-refractivity contribution >= 4 is 31.8 Å². The van der Waals surface area contributed by atoms with Gasteiger partial charge in [-0.2, -0.15) is 0 Å². The first-order chi connectivity index (χ1) is 10.8. The van der Waals surface area contributed by atoms with Crippen LogP contribution in [0.4, 0.5) is 0 Å². The maximum Gasteiger partial charge on any atom is 0.271 e. The van der Waals surface area contributed by atoms with Crippen molar-refractivity contribution in [3.63, 3.8) is 0 Å². The number of pyridine rings is 1. The lowest BCUT2D eigenvalue weighted by atomic mass is 10.1. The summed E-state index contributed by atoms with van der Waals surface area (Å²) in [5.74, 6) is 0. The fourth-order valence-corrected chi connectivity index (χ4v) is 4.62. The molecule has 4 nitrogen and oxygen atoms in total. The molecule has 3 aromatic heterocycles. The van der Waals surface area contributed by atoms with E-state index < -0.39 is 0 Å². The molecule has 0 saturated heterocycles. The summed E-state index contributed by atoms with van der Waals surface area (Å²) in [5, 5.41) is 1.03. The van der Waals surface area contributed by atoms with Gasteiger partial charge in [0.05, 0.1) is 11.8 Å². The van der Waals surface area contributed by atoms with Crippen molar-refractivity contribution in [1.29, 1.82) is 0 Å². The van der Waals surface area contributed by atoms with Crippen LogP contribution in [0.3, 0.4) is 0 Å². The summed E-state index contributed by atoms with van der Waals surface area (Å²) < 4.78 is 2.63. The van der Waals surface area contributed by atoms with E-state index in [1.807, 2.05) is 10.6 Å². The van der Waals surface area contributed by atoms with Gasteiger partial charge in [-0.15, -0.1) is 11.3 Å². The summed E-state index contributed by atoms with van der Waals surface area (Å²) in [4.78, 5) is 22.9. The number of hydrogen-bond acceptors (Lipinski definition) is 4. The highest BCUT2D eigenvalue weighted by Crippen LogP contribution is 2.32. The monoisotopic (exact) mass is 313 g/mol. The zero-order chi connectivity index (χ0) is 15.1. The Morgan fingerprint density at radius 2 is 1.95 bits per heavy atom. The largest absolute Gasteiger partial charge is 0.295 e. The first kappa shape index (κ1) is 13.9. The molecule has 0 radical (unpaired) electrons. The van der Waals surface area contributed by atoms with E-state index in [1.54, 1.807) is 12.5 Å². The quantitative estimate of drug-likeness (QED) is 0.632. The van der Waals surface area contributed by atoms with E-state index in [0.717, 1.165) is 38.8 Å². The standard InChI is InChI=1S/C17H19N3OS/c1-11-8-9-18-16-13(11)14-15(22-16)17(21)20(10-19-14)12-6-4-2-3-5-7-12/h8-10,12H,2-7H2,1H3. The number of hydrogen-bond donors (Lipinski definition) is 0. The van der Waals surface area contributed by atoms with Gasteiger partial charge in [0.25, 0.3) is 5.56 Å². The van der Waals surface area contributed by atoms with Gasteiger partial charge < -0.3 is 0 Å². The number of aryl methyl sites for hydroxylation is 1. The predicted octanol–water partition coefficient (Wildman–Crippen LogP) is 4.21. The second-order valence-electron chi connectivity index (χ2n) is 6.19. The van der Waals surface area contributed by atoms with Crippen molar-refractivity contribution in [1.82, 2.24) is 14.5 Å². The average molecular weight is 313 g/mol. The van der Waals surface area contributed by atoms with Gasteiger partial charge in [0.2, 0.25) is 0 Å². The summed E-state index contributed by atoms with van der Waals surface area (Å²) in [7, 11) is 0. The van der Waals surface area contributed by atoms with E-state index in [9.17, 15) is 4.79 Å². The number of rotatable bonds is 1. The SMILES string of the molecule is Cc1ccnc2sc3c(=O)n(C4CCCCCC4)cnc3c12. The zero-order valence-electron chi connectivity index (χ0n) is 12.7. The molecule has 1 aliphatic rings. The van der Waals surface area contributed by atoms with Gasteiger partial charge in [0.1, 0.15) is 9.53 Å². The molecule has 5 heteroatoms. The topological polar surface area (TPSA) is 47.8 Å². The molecule has 0 aromatic carbocycles. The van der Waals surface area contributed by atoms with Crippen LogP contribution in [0, 0.1) is 6.92 Å². The van der Waals surface area contributed by atoms with Crippen LogP contribution in [0.5, 0.6) is 0 Å². The molecule has 114 valence electrons. The van der Waals surface area contributed by atoms with Gasteiger partial charge in [0, 0.05) is 17.6 Å². The number of thiophene rings is 1. The Hall–Kier alpha value is -1.75. The van der Waals surface area contributed by atoms with Gasteiger partial charge in [-0.3, -0.25) is 9.36 Å². The van der Waals surface area contributed by atoms with Crippen LogP contribution in [0.1, 0.15) is 50.1 Å². The molecule has 0 N–H and O–H groups in total. The van der Waals surface area contributed by atoms with E-state index in [1.165, 1.54) is 37.0 Å². The molecule has 22 heavy (non-hydrogen) atoms. The van der Waals surface area contributed by atoms with Gasteiger partial charge in [0.15, 0.2) is 0 Å². The Bertz CT molecular complexity index is 888. The Morgan fingerprint density at radius 3 is 2.73 bits per heavy atom. The van der Waals surface area contributed by atoms with Gasteiger partial charge in [-0.25, -0.2) is 9.97 Å². The van der Waals surface area contributed by atoms with Crippen LogP contribution >= 0.6 is 11.3 Å². The predicted molar refractivity (Wildman–Crippen MR) is 90.7 cm³/mol. The molecule has 3 heterocycles. The lowest BCUT2D eigenvalue weighted by Gasteiger charge is -2.16. The molecule has 1 aliphatic carbocycles. The molecule has 3 aromatic rings. The molecule has 0 atom stereocenters. The normalized spacial score (nSPS) is 17.1. The van der Waals surface area contributed by atoms with Gasteiger partial charge in [-0.05, 0) is 31.4 Å². The van der Waals surface area contributed by atoms with Crippen LogP contribution in [0.15, 0.2) is 23.4 Å². The third-order valence-corrected chi connectivity index (χ3v) is 5.81. The summed E-state index contributed by atoms with van der Waals surface area (Å²) in [6.07, 6.45) is 10.7. The fourth-order valence-electron chi connectivity index (χ4n) is 3.51. The molecule has 0 aliphatic heterocycles. The maximum absolute atomic E-state index is 12.9. The molecule has 1 fully saturated rings. The zero-order valence-corrected chi connectivity index (χ0v) is 13.5. The maximum atomic E-state index is 12.9. The summed E-state index contributed by atoms with van der Waals surface area (Å²) in [6, 6.07) is 2.29. The second kappa shape index (κ2) is 5.47. The Morgan fingerprint density at radius 1 is 1.18 bits per heavy atom. The third-order valence-electron chi connectivity index (χ3n) is 4.73. The van der Waals surface area contributed by atoms with Gasteiger partial charge >= 0.3 is 0 Å². The van der Waals surface area contributed by atoms with E-state index in [2.05, 4.69) is 16.9 Å². The molecule has 0 spiro atoms. The highest BCUT2D eigenvalue weighted by molar-refractivity contribution is 7.25. The molecule has 4 rings (SSSR count). The highest BCUT2D eigenvalue weighted by atomic mass is 32.1. The van der Waals surface area contributed by atoms with Crippen LogP contribution in [-0.4, -0.2) is 14.5 Å². The smallest absolute Gasteiger partial charge is 0.271 e. The molecule has 0 bridgehead atoms. The molecule has 0 amide bonds. The Labute approximate surface area is 132 Å². The van der Waals surface area contributed by atoms with Crippen molar-refractivity contribution in [2.75, 3.05) is 0 Å². The molecule has 0 unspecified atom stereocenters. The summed E-state index contributed by atoms with van der Waals surface area (Å²) in [5.41, 5.74) is 2.06. The fraction of sp³-hybridized carbons (Fsp3) is 0.471. The van der Waals surface area contributed by atoms with Crippen molar-refractivity contribution in [3.05, 3.63) is 34.5 Å². The summed E-state index contributed by atoms with van der Waals surface area (Å²) >= 11 is 1.48. The van der Waals surface area contributed by atoms with E-state index in [0.29, 0.717) is 6.04 Å². The lowest BCUT2D eigenvalue weighted by molar-refractivity contribution is 0.430. The van der Waals surface area contributed by atoms with Crippen molar-refractivity contribution in [2.45, 2.75) is 51.5 Å². The minimum Gasteiger partial charge on any atom is -0.295 e. The van der Waals surface area contributed by atoms with Crippen LogP contribution in [0.2, 0.25) is 0 Å². The first-order valence-corrected chi connectivity index (χ1v) is 8.82. The average Bonchev–Trinajstić information content (AvgIpc) is 2.71. The molecular formula is C17H19N3OS. The minimum absolute atomic E-state index is 0.110. The number of nitrogens with zero attached hydrogens (tertiary/aromatic N) is 3. The lowest BCUT2D eigenvalue weighted by Crippen LogP contribution is -2.24. The summed E-state index contributed by atoms with van der Waals surface area (Å²) in [6.45, 7) is 2.05. The third kappa shape index (κ3) is 2.15. The van der Waals surface area contributed by atoms with Crippen molar-refractivity contribution in [2.24, 2.45) is 0 Å². The molecular weight excluding hydrogens is 294 g/mol. The van der Waals surface area contributed by atoms with E-state index in [-0.39, 0.29) is 5.56 Å². The van der Waals surface area contributed by atoms with Crippen LogP contribution in [0.25, 0.3) is 20.4 Å². The van der Waals surface area contributed by atoms with Crippen LogP contribution in [-0.2, 0) is 0 Å².